The second kappa shape index (κ2) is 9.96. The van der Waals surface area contributed by atoms with Crippen LogP contribution in [-0.4, -0.2) is 29.2 Å². The summed E-state index contributed by atoms with van der Waals surface area (Å²) in [5.41, 5.74) is 0.567. The Morgan fingerprint density at radius 3 is 2.41 bits per heavy atom. The van der Waals surface area contributed by atoms with E-state index >= 15 is 0 Å². The number of hydrogen-bond donors (Lipinski definition) is 2. The molecule has 0 atom stereocenters. The van der Waals surface area contributed by atoms with E-state index in [2.05, 4.69) is 12.2 Å². The number of unbranched alkanes of at least 4 members (excludes halogenated alkanes) is 2. The van der Waals surface area contributed by atoms with Crippen molar-refractivity contribution in [1.29, 1.82) is 0 Å². The molecule has 2 aromatic carbocycles. The summed E-state index contributed by atoms with van der Waals surface area (Å²) in [7, 11) is 0. The molecule has 0 heterocycles. The van der Waals surface area contributed by atoms with Crippen LogP contribution in [-0.2, 0) is 4.74 Å². The Bertz CT molecular complexity index is 855. The van der Waals surface area contributed by atoms with Crippen molar-refractivity contribution in [3.05, 3.63) is 53.6 Å². The van der Waals surface area contributed by atoms with Crippen LogP contribution in [0.3, 0.4) is 0 Å². The molecule has 0 bridgehead atoms. The summed E-state index contributed by atoms with van der Waals surface area (Å²) in [6.07, 6.45) is 3.23. The first-order valence-electron chi connectivity index (χ1n) is 9.82. The molecule has 0 spiro atoms. The number of carbonyl (C=O) groups excluding carboxylic acids is 1. The summed E-state index contributed by atoms with van der Waals surface area (Å²) in [5.74, 6) is -0.673. The maximum Gasteiger partial charge on any atom is 0.340 e. The molecular weight excluding hydrogens is 370 g/mol. The predicted octanol–water partition coefficient (Wildman–Crippen LogP) is 5.73. The minimum atomic E-state index is -1.03. The van der Waals surface area contributed by atoms with E-state index in [0.29, 0.717) is 22.7 Å². The van der Waals surface area contributed by atoms with Crippen LogP contribution in [0.2, 0.25) is 0 Å². The molecule has 0 aliphatic carbocycles. The van der Waals surface area contributed by atoms with E-state index in [1.54, 1.807) is 30.3 Å². The van der Waals surface area contributed by atoms with Crippen molar-refractivity contribution in [3.63, 3.8) is 0 Å². The third-order valence-electron chi connectivity index (χ3n) is 4.02. The van der Waals surface area contributed by atoms with E-state index < -0.39 is 17.5 Å². The lowest BCUT2D eigenvalue weighted by Gasteiger charge is -2.21. The number of esters is 1. The quantitative estimate of drug-likeness (QED) is 0.413. The van der Waals surface area contributed by atoms with Crippen LogP contribution in [0.4, 0.5) is 5.69 Å². The lowest BCUT2D eigenvalue weighted by Crippen LogP contribution is -2.24. The minimum Gasteiger partial charge on any atom is -0.478 e. The van der Waals surface area contributed by atoms with Gasteiger partial charge < -0.3 is 19.9 Å². The summed E-state index contributed by atoms with van der Waals surface area (Å²) in [5, 5.41) is 12.4. The van der Waals surface area contributed by atoms with Crippen molar-refractivity contribution in [3.8, 4) is 11.5 Å². The van der Waals surface area contributed by atoms with Gasteiger partial charge in [0.1, 0.15) is 17.1 Å². The van der Waals surface area contributed by atoms with Crippen LogP contribution in [0.5, 0.6) is 11.5 Å². The first-order valence-corrected chi connectivity index (χ1v) is 9.82. The molecule has 6 heteroatoms. The Hall–Kier alpha value is -3.02. The Kier molecular flexibility index (Phi) is 7.65. The van der Waals surface area contributed by atoms with Crippen molar-refractivity contribution in [2.45, 2.75) is 52.6 Å². The zero-order chi connectivity index (χ0) is 21.4. The largest absolute Gasteiger partial charge is 0.478 e. The van der Waals surface area contributed by atoms with E-state index in [1.807, 2.05) is 20.8 Å². The monoisotopic (exact) mass is 399 g/mol. The number of anilines is 1. The standard InChI is InChI=1S/C23H29NO5/c1-5-6-7-13-24-20-12-11-18(15-19(20)22(27)29-23(2,3)4)28-17-10-8-9-16(14-17)21(25)26/h8-12,14-15,24H,5-7,13H2,1-4H3,(H,25,26). The predicted molar refractivity (Wildman–Crippen MR) is 113 cm³/mol. The van der Waals surface area contributed by atoms with Gasteiger partial charge >= 0.3 is 11.9 Å². The van der Waals surface area contributed by atoms with Gasteiger partial charge in [-0.2, -0.15) is 0 Å². The van der Waals surface area contributed by atoms with Gasteiger partial charge in [-0.15, -0.1) is 0 Å². The summed E-state index contributed by atoms with van der Waals surface area (Å²) in [4.78, 5) is 23.9. The van der Waals surface area contributed by atoms with E-state index in [1.165, 1.54) is 12.1 Å². The van der Waals surface area contributed by atoms with Crippen molar-refractivity contribution in [2.24, 2.45) is 0 Å². The second-order valence-electron chi connectivity index (χ2n) is 7.78. The fourth-order valence-electron chi connectivity index (χ4n) is 2.67. The highest BCUT2D eigenvalue weighted by Crippen LogP contribution is 2.28. The molecule has 0 unspecified atom stereocenters. The van der Waals surface area contributed by atoms with Gasteiger partial charge in [0.2, 0.25) is 0 Å². The molecule has 2 rings (SSSR count). The van der Waals surface area contributed by atoms with E-state index in [4.69, 9.17) is 14.6 Å². The zero-order valence-corrected chi connectivity index (χ0v) is 17.5. The summed E-state index contributed by atoms with van der Waals surface area (Å²) < 4.78 is 11.3. The molecule has 29 heavy (non-hydrogen) atoms. The average molecular weight is 399 g/mol. The smallest absolute Gasteiger partial charge is 0.340 e. The summed E-state index contributed by atoms with van der Waals surface area (Å²) in [6.45, 7) is 8.34. The van der Waals surface area contributed by atoms with Crippen molar-refractivity contribution in [2.75, 3.05) is 11.9 Å². The fraction of sp³-hybridized carbons (Fsp3) is 0.391. The highest BCUT2D eigenvalue weighted by Gasteiger charge is 2.21. The summed E-state index contributed by atoms with van der Waals surface area (Å²) in [6, 6.07) is 11.3. The molecule has 0 saturated heterocycles. The van der Waals surface area contributed by atoms with Gasteiger partial charge in [0, 0.05) is 12.2 Å². The fourth-order valence-corrected chi connectivity index (χ4v) is 2.67. The van der Waals surface area contributed by atoms with Crippen LogP contribution in [0.25, 0.3) is 0 Å². The Labute approximate surface area is 171 Å². The molecule has 0 aliphatic rings. The molecule has 0 fully saturated rings. The lowest BCUT2D eigenvalue weighted by atomic mass is 10.1. The van der Waals surface area contributed by atoms with Gasteiger partial charge in [-0.25, -0.2) is 9.59 Å². The number of ether oxygens (including phenoxy) is 2. The topological polar surface area (TPSA) is 84.9 Å². The van der Waals surface area contributed by atoms with Gasteiger partial charge in [0.05, 0.1) is 11.1 Å². The SMILES string of the molecule is CCCCCNc1ccc(Oc2cccc(C(=O)O)c2)cc1C(=O)OC(C)(C)C. The molecule has 2 aromatic rings. The maximum absolute atomic E-state index is 12.7. The Morgan fingerprint density at radius 1 is 1.03 bits per heavy atom. The second-order valence-corrected chi connectivity index (χ2v) is 7.78. The maximum atomic E-state index is 12.7. The van der Waals surface area contributed by atoms with Crippen molar-refractivity contribution < 1.29 is 24.2 Å². The Morgan fingerprint density at radius 2 is 1.76 bits per heavy atom. The van der Waals surface area contributed by atoms with Crippen LogP contribution in [0.1, 0.15) is 67.7 Å². The number of carboxylic acid groups (broad SMARTS) is 1. The van der Waals surface area contributed by atoms with Crippen molar-refractivity contribution in [1.82, 2.24) is 0 Å². The lowest BCUT2D eigenvalue weighted by molar-refractivity contribution is 0.00701. The minimum absolute atomic E-state index is 0.129. The molecular formula is C23H29NO5. The van der Waals surface area contributed by atoms with Gasteiger partial charge in [-0.1, -0.05) is 25.8 Å². The zero-order valence-electron chi connectivity index (χ0n) is 17.5. The highest BCUT2D eigenvalue weighted by atomic mass is 16.6. The number of rotatable bonds is 9. The molecule has 0 aliphatic heterocycles. The first kappa shape index (κ1) is 22.3. The van der Waals surface area contributed by atoms with Gasteiger partial charge in [0.15, 0.2) is 0 Å². The third-order valence-corrected chi connectivity index (χ3v) is 4.02. The number of carboxylic acids is 1. The molecule has 0 radical (unpaired) electrons. The number of hydrogen-bond acceptors (Lipinski definition) is 5. The average Bonchev–Trinajstić information content (AvgIpc) is 2.65. The number of carbonyl (C=O) groups is 2. The third kappa shape index (κ3) is 7.14. The molecule has 0 amide bonds. The van der Waals surface area contributed by atoms with Crippen LogP contribution >= 0.6 is 0 Å². The number of nitrogens with one attached hydrogen (secondary N) is 1. The van der Waals surface area contributed by atoms with E-state index in [-0.39, 0.29) is 5.56 Å². The van der Waals surface area contributed by atoms with E-state index in [9.17, 15) is 9.59 Å². The van der Waals surface area contributed by atoms with Gasteiger partial charge in [-0.05, 0) is 63.6 Å². The molecule has 0 saturated carbocycles. The molecule has 0 aromatic heterocycles. The Balaban J connectivity index is 2.27. The van der Waals surface area contributed by atoms with Crippen LogP contribution in [0, 0.1) is 0 Å². The van der Waals surface area contributed by atoms with Crippen molar-refractivity contribution >= 4 is 17.6 Å². The van der Waals surface area contributed by atoms with Gasteiger partial charge in [0.25, 0.3) is 0 Å². The normalized spacial score (nSPS) is 11.0. The molecule has 2 N–H and O–H groups in total. The number of benzene rings is 2. The van der Waals surface area contributed by atoms with Crippen LogP contribution in [0.15, 0.2) is 42.5 Å². The molecule has 156 valence electrons. The van der Waals surface area contributed by atoms with Crippen LogP contribution < -0.4 is 10.1 Å². The van der Waals surface area contributed by atoms with E-state index in [0.717, 1.165) is 25.8 Å². The highest BCUT2D eigenvalue weighted by molar-refractivity contribution is 5.96. The molecule has 6 nitrogen and oxygen atoms in total. The first-order chi connectivity index (χ1) is 13.7. The number of aromatic carboxylic acids is 1. The summed E-state index contributed by atoms with van der Waals surface area (Å²) >= 11 is 0. The van der Waals surface area contributed by atoms with Gasteiger partial charge in [-0.3, -0.25) is 0 Å².